The Morgan fingerprint density at radius 1 is 0.744 bits per heavy atom. The van der Waals surface area contributed by atoms with E-state index in [1.807, 2.05) is 6.92 Å². The SMILES string of the molecule is CC[C@H](C)[C@H](NC(=O)[C@@H](N)Cc1cnc[nH]1)C(=O)N[C@@H](Cc1ccccc1)C(=O)N[C@@H](CO)C(=O)NCC(=O)N[C@H](C(=O)N1CCC[C@H]1C(=O)N[C@@H](CC(C)C)C(=O)N[C@H](C(=O)N[C@@H](CCCCN)C(=O)O)[C@@H](C)O)C(C)C. The number of benzene rings is 1. The van der Waals surface area contributed by atoms with Gasteiger partial charge in [-0.15, -0.1) is 0 Å². The van der Waals surface area contributed by atoms with Crippen molar-refractivity contribution in [3.63, 3.8) is 0 Å². The maximum atomic E-state index is 14.2. The van der Waals surface area contributed by atoms with Crippen molar-refractivity contribution in [3.8, 4) is 0 Å². The Morgan fingerprint density at radius 2 is 1.37 bits per heavy atom. The van der Waals surface area contributed by atoms with Crippen molar-refractivity contribution in [3.05, 3.63) is 54.1 Å². The van der Waals surface area contributed by atoms with E-state index in [1.165, 1.54) is 24.3 Å². The van der Waals surface area contributed by atoms with Gasteiger partial charge in [-0.05, 0) is 75.3 Å². The third-order valence-corrected chi connectivity index (χ3v) is 13.3. The van der Waals surface area contributed by atoms with E-state index < -0.39 is 145 Å². The summed E-state index contributed by atoms with van der Waals surface area (Å²) in [6.07, 6.45) is 3.66. The quantitative estimate of drug-likeness (QED) is 0.0325. The van der Waals surface area contributed by atoms with E-state index in [9.17, 15) is 63.3 Å². The molecule has 78 heavy (non-hydrogen) atoms. The number of aromatic nitrogens is 2. The average molecular weight is 1100 g/mol. The maximum Gasteiger partial charge on any atom is 0.326 e. The Kier molecular flexibility index (Phi) is 27.3. The van der Waals surface area contributed by atoms with Crippen LogP contribution < -0.4 is 54.0 Å². The minimum atomic E-state index is -1.62. The van der Waals surface area contributed by atoms with Crippen LogP contribution in [-0.2, 0) is 60.8 Å². The van der Waals surface area contributed by atoms with Gasteiger partial charge in [0, 0.05) is 31.3 Å². The average Bonchev–Trinajstić information content (AvgIpc) is 4.13. The predicted octanol–water partition coefficient (Wildman–Crippen LogP) is -2.64. The highest BCUT2D eigenvalue weighted by Gasteiger charge is 2.41. The van der Waals surface area contributed by atoms with Gasteiger partial charge in [-0.2, -0.15) is 0 Å². The molecule has 2 heterocycles. The molecule has 0 unspecified atom stereocenters. The second-order valence-corrected chi connectivity index (χ2v) is 20.6. The predicted molar refractivity (Wildman–Crippen MR) is 285 cm³/mol. The first-order chi connectivity index (χ1) is 36.9. The smallest absolute Gasteiger partial charge is 0.326 e. The number of unbranched alkanes of at least 4 members (excludes halogenated alkanes) is 1. The van der Waals surface area contributed by atoms with E-state index in [-0.39, 0.29) is 44.6 Å². The molecule has 11 atom stereocenters. The van der Waals surface area contributed by atoms with Gasteiger partial charge in [0.15, 0.2) is 0 Å². The number of carboxylic acid groups (broad SMARTS) is 1. The Hall–Kier alpha value is -7.03. The number of hydrogen-bond acceptors (Lipinski definition) is 15. The van der Waals surface area contributed by atoms with Gasteiger partial charge in [-0.25, -0.2) is 9.78 Å². The maximum absolute atomic E-state index is 14.2. The Bertz CT molecular complexity index is 2300. The number of carbonyl (C=O) groups excluding carboxylic acids is 9. The fourth-order valence-corrected chi connectivity index (χ4v) is 8.63. The molecule has 0 spiro atoms. The summed E-state index contributed by atoms with van der Waals surface area (Å²) in [6.45, 7) is 10.5. The Balaban J connectivity index is 1.69. The first-order valence-electron chi connectivity index (χ1n) is 26.6. The van der Waals surface area contributed by atoms with Crippen LogP contribution in [0.2, 0.25) is 0 Å². The highest BCUT2D eigenvalue weighted by atomic mass is 16.4. The molecule has 0 bridgehead atoms. The van der Waals surface area contributed by atoms with Gasteiger partial charge in [0.05, 0.1) is 31.6 Å². The third kappa shape index (κ3) is 20.7. The summed E-state index contributed by atoms with van der Waals surface area (Å²) < 4.78 is 0. The summed E-state index contributed by atoms with van der Waals surface area (Å²) in [5, 5.41) is 50.7. The molecule has 9 amide bonds. The van der Waals surface area contributed by atoms with Crippen molar-refractivity contribution < 1.29 is 63.3 Å². The summed E-state index contributed by atoms with van der Waals surface area (Å²) >= 11 is 0. The van der Waals surface area contributed by atoms with Gasteiger partial charge < -0.3 is 79.2 Å². The second kappa shape index (κ2) is 32.6. The van der Waals surface area contributed by atoms with Crippen molar-refractivity contribution in [2.45, 2.75) is 167 Å². The van der Waals surface area contributed by atoms with Crippen molar-refractivity contribution >= 4 is 59.1 Å². The van der Waals surface area contributed by atoms with E-state index >= 15 is 0 Å². The van der Waals surface area contributed by atoms with Crippen LogP contribution in [0.3, 0.4) is 0 Å². The number of nitrogens with one attached hydrogen (secondary N) is 9. The number of amides is 9. The number of H-pyrrole nitrogens is 1. The first-order valence-corrected chi connectivity index (χ1v) is 26.6. The van der Waals surface area contributed by atoms with Gasteiger partial charge >= 0.3 is 5.97 Å². The van der Waals surface area contributed by atoms with Crippen LogP contribution in [0, 0.1) is 17.8 Å². The van der Waals surface area contributed by atoms with E-state index in [0.29, 0.717) is 43.5 Å². The van der Waals surface area contributed by atoms with Gasteiger partial charge in [0.1, 0.15) is 48.3 Å². The minimum Gasteiger partial charge on any atom is -0.480 e. The first kappa shape index (κ1) is 65.3. The molecule has 0 saturated carbocycles. The zero-order valence-electron chi connectivity index (χ0n) is 45.7. The normalized spacial score (nSPS) is 17.1. The zero-order chi connectivity index (χ0) is 58.2. The number of likely N-dealkylation sites (tertiary alicyclic amines) is 1. The van der Waals surface area contributed by atoms with E-state index in [4.69, 9.17) is 11.5 Å². The monoisotopic (exact) mass is 1100 g/mol. The lowest BCUT2D eigenvalue weighted by atomic mass is 9.96. The lowest BCUT2D eigenvalue weighted by molar-refractivity contribution is -0.144. The highest BCUT2D eigenvalue weighted by Crippen LogP contribution is 2.22. The zero-order valence-corrected chi connectivity index (χ0v) is 45.7. The van der Waals surface area contributed by atoms with Crippen LogP contribution >= 0.6 is 0 Å². The molecule has 1 aliphatic rings. The van der Waals surface area contributed by atoms with Gasteiger partial charge in [-0.3, -0.25) is 43.2 Å². The van der Waals surface area contributed by atoms with Crippen molar-refractivity contribution in [1.82, 2.24) is 57.4 Å². The number of nitrogens with two attached hydrogens (primary N) is 2. The number of imidazole rings is 1. The number of hydrogen-bond donors (Lipinski definition) is 14. The van der Waals surface area contributed by atoms with Gasteiger partial charge in [0.2, 0.25) is 53.2 Å². The summed E-state index contributed by atoms with van der Waals surface area (Å²) in [4.78, 5) is 143. The standard InChI is InChI=1S/C52H83N13O13/c1-8-30(6)42(63-44(69)34(54)23-33-24-55-27-57-33)49(74)60-37(22-32-15-10-9-11-16-32)46(71)61-38(26-66)45(70)56-25-40(68)62-41(29(4)5)51(76)65-20-14-18-39(65)48(73)59-36(21-28(2)3)47(72)64-43(31(7)67)50(75)58-35(52(77)78)17-12-13-19-53/h9-11,15-16,24,27-31,34-39,41-43,66-67H,8,12-14,17-23,25-26,53-54H2,1-7H3,(H,55,57)(H,56,70)(H,58,75)(H,59,73)(H,60,74)(H,61,71)(H,62,68)(H,63,69)(H,64,72)(H,77,78)/t30-,31+,34-,35-,36-,37-,38-,39-,41-,42-,43-/m0/s1. The molecule has 3 rings (SSSR count). The Morgan fingerprint density at radius 3 is 1.95 bits per heavy atom. The van der Waals surface area contributed by atoms with Crippen molar-refractivity contribution in [1.29, 1.82) is 0 Å². The van der Waals surface area contributed by atoms with E-state index in [2.05, 4.69) is 52.5 Å². The van der Waals surface area contributed by atoms with Crippen LogP contribution in [-0.4, -0.2) is 176 Å². The number of carboxylic acids is 1. The molecule has 1 aromatic carbocycles. The highest BCUT2D eigenvalue weighted by molar-refractivity contribution is 5.98. The largest absolute Gasteiger partial charge is 0.480 e. The molecule has 0 radical (unpaired) electrons. The number of aliphatic hydroxyl groups is 2. The van der Waals surface area contributed by atoms with Gasteiger partial charge in [-0.1, -0.05) is 78.3 Å². The third-order valence-electron chi connectivity index (χ3n) is 13.3. The lowest BCUT2D eigenvalue weighted by Gasteiger charge is -2.32. The van der Waals surface area contributed by atoms with Crippen LogP contribution in [0.1, 0.15) is 105 Å². The van der Waals surface area contributed by atoms with Crippen LogP contribution in [0.4, 0.5) is 0 Å². The summed E-state index contributed by atoms with van der Waals surface area (Å²) in [5.74, 6) is -9.54. The minimum absolute atomic E-state index is 0.0573. The molecular weight excluding hydrogens is 1010 g/mol. The van der Waals surface area contributed by atoms with Crippen LogP contribution in [0.25, 0.3) is 0 Å². The van der Waals surface area contributed by atoms with Crippen LogP contribution in [0.15, 0.2) is 42.9 Å². The molecule has 1 aromatic heterocycles. The molecule has 16 N–H and O–H groups in total. The van der Waals surface area contributed by atoms with Crippen LogP contribution in [0.5, 0.6) is 0 Å². The topological polar surface area (TPSA) is 412 Å². The van der Waals surface area contributed by atoms with E-state index in [0.717, 1.165) is 0 Å². The van der Waals surface area contributed by atoms with E-state index in [1.54, 1.807) is 65.0 Å². The molecule has 434 valence electrons. The molecular formula is C52H83N13O13. The fraction of sp³-hybridized carbons (Fsp3) is 0.635. The van der Waals surface area contributed by atoms with Gasteiger partial charge in [0.25, 0.3) is 0 Å². The van der Waals surface area contributed by atoms with Crippen molar-refractivity contribution in [2.24, 2.45) is 29.2 Å². The van der Waals surface area contributed by atoms with Crippen molar-refractivity contribution in [2.75, 3.05) is 26.2 Å². The number of carbonyl (C=O) groups is 10. The summed E-state index contributed by atoms with van der Waals surface area (Å²) in [6, 6.07) is -2.88. The fourth-order valence-electron chi connectivity index (χ4n) is 8.63. The number of aliphatic hydroxyl groups excluding tert-OH is 2. The molecule has 1 saturated heterocycles. The lowest BCUT2D eigenvalue weighted by Crippen LogP contribution is -2.61. The number of aliphatic carboxylic acids is 1. The number of rotatable bonds is 33. The Labute approximate surface area is 454 Å². The summed E-state index contributed by atoms with van der Waals surface area (Å²) in [7, 11) is 0. The second-order valence-electron chi connectivity index (χ2n) is 20.6. The molecule has 1 fully saturated rings. The molecule has 26 heteroatoms. The summed E-state index contributed by atoms with van der Waals surface area (Å²) in [5.41, 5.74) is 12.9. The molecule has 2 aromatic rings. The molecule has 26 nitrogen and oxygen atoms in total. The molecule has 0 aliphatic carbocycles. The number of nitrogens with zero attached hydrogens (tertiary/aromatic N) is 2. The molecule has 1 aliphatic heterocycles. The number of aromatic amines is 1.